The third kappa shape index (κ3) is 11.1. The lowest BCUT2D eigenvalue weighted by Crippen LogP contribution is -1.92. The predicted molar refractivity (Wildman–Crippen MR) is 292 cm³/mol. The Morgan fingerprint density at radius 1 is 0.380 bits per heavy atom. The molecule has 13 rings (SSSR count). The number of aromatic amines is 2. The number of hydrogen-bond acceptors (Lipinski definition) is 7. The number of nitrogens with one attached hydrogen (secondary N) is 2. The molecule has 8 aromatic carbocycles. The Morgan fingerprint density at radius 2 is 0.789 bits per heavy atom. The molecule has 0 aliphatic heterocycles. The second-order valence-corrected chi connectivity index (χ2v) is 15.6. The minimum atomic E-state index is 0.555. The van der Waals surface area contributed by atoms with E-state index in [1.54, 1.807) is 7.11 Å². The smallest absolute Gasteiger partial charge is 0.264 e. The Morgan fingerprint density at radius 3 is 1.25 bits per heavy atom. The van der Waals surface area contributed by atoms with Crippen molar-refractivity contribution >= 4 is 55.2 Å². The predicted octanol–water partition coefficient (Wildman–Crippen LogP) is 15.1. The lowest BCUT2D eigenvalue weighted by Gasteiger charge is -2.04. The first-order valence-electron chi connectivity index (χ1n) is 23.8. The van der Waals surface area contributed by atoms with Crippen LogP contribution in [0.15, 0.2) is 211 Å². The first kappa shape index (κ1) is 48.4. The van der Waals surface area contributed by atoms with Gasteiger partial charge in [-0.1, -0.05) is 149 Å². The van der Waals surface area contributed by atoms with Crippen molar-refractivity contribution in [2.75, 3.05) is 7.11 Å². The molecule has 354 valence electrons. The zero-order valence-corrected chi connectivity index (χ0v) is 41.1. The second kappa shape index (κ2) is 23.3. The number of nitrogens with zero attached hydrogens (tertiary/aromatic N) is 7. The van der Waals surface area contributed by atoms with Crippen LogP contribution in [0.5, 0.6) is 5.75 Å². The number of ether oxygens (including phenoxy) is 1. The van der Waals surface area contributed by atoms with Gasteiger partial charge in [-0.25, -0.2) is 24.9 Å². The van der Waals surface area contributed by atoms with Gasteiger partial charge in [-0.05, 0) is 84.9 Å². The maximum Gasteiger partial charge on any atom is 0.264 e. The van der Waals surface area contributed by atoms with Gasteiger partial charge < -0.3 is 28.3 Å². The van der Waals surface area contributed by atoms with Crippen LogP contribution in [-0.2, 0) is 14.1 Å². The highest BCUT2D eigenvalue weighted by Gasteiger charge is 2.15. The van der Waals surface area contributed by atoms with E-state index in [4.69, 9.17) is 9.15 Å². The number of imidazole rings is 4. The van der Waals surface area contributed by atoms with E-state index in [1.165, 1.54) is 0 Å². The average molecular weight is 936 g/mol. The summed E-state index contributed by atoms with van der Waals surface area (Å²) in [7, 11) is 5.68. The van der Waals surface area contributed by atoms with E-state index in [-0.39, 0.29) is 0 Å². The van der Waals surface area contributed by atoms with E-state index in [9.17, 15) is 0 Å². The van der Waals surface area contributed by atoms with Gasteiger partial charge in [0.1, 0.15) is 28.7 Å². The summed E-state index contributed by atoms with van der Waals surface area (Å²) < 4.78 is 15.0. The fourth-order valence-electron chi connectivity index (χ4n) is 7.82. The average Bonchev–Trinajstić information content (AvgIpc) is 4.30. The molecule has 0 aliphatic carbocycles. The topological polar surface area (TPSA) is 128 Å². The van der Waals surface area contributed by atoms with Gasteiger partial charge in [0.2, 0.25) is 0 Å². The van der Waals surface area contributed by atoms with Crippen LogP contribution in [0.4, 0.5) is 0 Å². The Balaban J connectivity index is 0.000000125. The Kier molecular flexibility index (Phi) is 15.9. The number of H-pyrrole nitrogens is 2. The molecule has 0 unspecified atom stereocenters. The minimum Gasteiger partial charge on any atom is -0.497 e. The molecule has 0 spiro atoms. The number of methoxy groups -OCH3 is 1. The van der Waals surface area contributed by atoms with Crippen molar-refractivity contribution in [2.24, 2.45) is 14.1 Å². The molecule has 11 heteroatoms. The molecule has 0 radical (unpaired) electrons. The molecule has 0 atom stereocenters. The number of aryl methyl sites for hydroxylation is 2. The molecule has 5 heterocycles. The van der Waals surface area contributed by atoms with Gasteiger partial charge in [-0.3, -0.25) is 0 Å². The Bertz CT molecular complexity index is 3510. The zero-order chi connectivity index (χ0) is 49.5. The van der Waals surface area contributed by atoms with Crippen molar-refractivity contribution in [3.05, 3.63) is 206 Å². The van der Waals surface area contributed by atoms with Crippen molar-refractivity contribution in [3.63, 3.8) is 0 Å². The maximum absolute atomic E-state index is 5.77. The molecule has 0 amide bonds. The molecule has 5 aromatic heterocycles. The summed E-state index contributed by atoms with van der Waals surface area (Å²) in [5.74, 6) is 4.99. The Labute approximate surface area is 413 Å². The summed E-state index contributed by atoms with van der Waals surface area (Å²) in [5, 5.41) is 0. The highest BCUT2D eigenvalue weighted by atomic mass is 16.5. The normalized spacial score (nSPS) is 10.5. The van der Waals surface area contributed by atoms with E-state index >= 15 is 0 Å². The van der Waals surface area contributed by atoms with Crippen LogP contribution in [0.2, 0.25) is 0 Å². The SMILES string of the molecule is CC.CC.COc1ccc(-c2nc3ccccc3n2C)cc1.Cn1c(-c2nc3ccccc3o2)nc2ccccc21.c1ccc(-c2nc3ccccc3[nH]2)cc1.c1ccc(-c2nc3ccccc3[nH]2)cc1. The van der Waals surface area contributed by atoms with Gasteiger partial charge in [-0.2, -0.15) is 0 Å². The highest BCUT2D eigenvalue weighted by molar-refractivity contribution is 5.83. The molecule has 0 saturated carbocycles. The van der Waals surface area contributed by atoms with Gasteiger partial charge in [0.05, 0.1) is 51.2 Å². The molecule has 2 N–H and O–H groups in total. The Hall–Kier alpha value is -9.09. The van der Waals surface area contributed by atoms with Gasteiger partial charge in [-0.15, -0.1) is 0 Å². The second-order valence-electron chi connectivity index (χ2n) is 15.6. The molecule has 0 saturated heterocycles. The molecular weight excluding hydrogens is 879 g/mol. The summed E-state index contributed by atoms with van der Waals surface area (Å²) in [4.78, 5) is 29.4. The van der Waals surface area contributed by atoms with E-state index in [0.717, 1.165) is 101 Å². The summed E-state index contributed by atoms with van der Waals surface area (Å²) >= 11 is 0. The van der Waals surface area contributed by atoms with Crippen LogP contribution < -0.4 is 4.74 Å². The highest BCUT2D eigenvalue weighted by Crippen LogP contribution is 2.28. The van der Waals surface area contributed by atoms with Crippen molar-refractivity contribution < 1.29 is 9.15 Å². The number of hydrogen-bond donors (Lipinski definition) is 2. The van der Waals surface area contributed by atoms with E-state index in [1.807, 2.05) is 222 Å². The molecule has 71 heavy (non-hydrogen) atoms. The van der Waals surface area contributed by atoms with Gasteiger partial charge >= 0.3 is 0 Å². The van der Waals surface area contributed by atoms with Crippen LogP contribution in [0.25, 0.3) is 101 Å². The summed E-state index contributed by atoms with van der Waals surface area (Å²) in [6, 6.07) is 68.2. The van der Waals surface area contributed by atoms with Crippen molar-refractivity contribution in [2.45, 2.75) is 27.7 Å². The summed E-state index contributed by atoms with van der Waals surface area (Å²) in [5.41, 5.74) is 13.3. The van der Waals surface area contributed by atoms with Crippen molar-refractivity contribution in [1.29, 1.82) is 0 Å². The quantitative estimate of drug-likeness (QED) is 0.176. The monoisotopic (exact) mass is 935 g/mol. The lowest BCUT2D eigenvalue weighted by atomic mass is 10.2. The van der Waals surface area contributed by atoms with Crippen LogP contribution in [0, 0.1) is 0 Å². The third-order valence-electron chi connectivity index (χ3n) is 11.3. The van der Waals surface area contributed by atoms with E-state index in [2.05, 4.69) is 69.8 Å². The van der Waals surface area contributed by atoms with Gasteiger partial charge in [0.25, 0.3) is 5.89 Å². The summed E-state index contributed by atoms with van der Waals surface area (Å²) in [6.07, 6.45) is 0. The maximum atomic E-state index is 5.77. The minimum absolute atomic E-state index is 0.555. The van der Waals surface area contributed by atoms with Crippen LogP contribution in [0.1, 0.15) is 27.7 Å². The molecular formula is C60H57N9O2. The number of aromatic nitrogens is 9. The number of rotatable bonds is 5. The zero-order valence-electron chi connectivity index (χ0n) is 41.1. The third-order valence-corrected chi connectivity index (χ3v) is 11.3. The van der Waals surface area contributed by atoms with Gasteiger partial charge in [0, 0.05) is 30.8 Å². The molecule has 11 nitrogen and oxygen atoms in total. The molecule has 0 fully saturated rings. The fourth-order valence-corrected chi connectivity index (χ4v) is 7.82. The summed E-state index contributed by atoms with van der Waals surface area (Å²) in [6.45, 7) is 8.00. The van der Waals surface area contributed by atoms with Gasteiger partial charge in [0.15, 0.2) is 11.4 Å². The van der Waals surface area contributed by atoms with E-state index in [0.29, 0.717) is 5.89 Å². The van der Waals surface area contributed by atoms with Crippen LogP contribution >= 0.6 is 0 Å². The number of fused-ring (bicyclic) bond motifs is 5. The molecule has 0 bridgehead atoms. The van der Waals surface area contributed by atoms with E-state index < -0.39 is 0 Å². The molecule has 0 aliphatic rings. The largest absolute Gasteiger partial charge is 0.497 e. The van der Waals surface area contributed by atoms with Crippen molar-refractivity contribution in [3.8, 4) is 51.6 Å². The van der Waals surface area contributed by atoms with Crippen LogP contribution in [-0.4, -0.2) is 51.1 Å². The standard InChI is InChI=1S/C15H11N3O.C15H14N2O.2C13H10N2.2C2H6/c1-18-12-8-4-2-6-10(12)16-14(18)15-17-11-7-3-5-9-13(11)19-15;1-17-14-6-4-3-5-13(14)16-15(17)11-7-9-12(18-2)10-8-11;2*1-2-6-10(7-3-1)13-14-11-8-4-5-9-12(11)15-13;2*1-2/h2-9H,1H3;3-10H,1-2H3;2*1-9H,(H,14,15);2*1-2H3. The fraction of sp³-hybridized carbons (Fsp3) is 0.117. The molecule has 13 aromatic rings. The van der Waals surface area contributed by atoms with Crippen LogP contribution in [0.3, 0.4) is 0 Å². The number of benzene rings is 8. The number of para-hydroxylation sites is 10. The first-order chi connectivity index (χ1) is 35.0. The lowest BCUT2D eigenvalue weighted by molar-refractivity contribution is 0.415. The first-order valence-corrected chi connectivity index (χ1v) is 23.8. The number of oxazole rings is 1. The van der Waals surface area contributed by atoms with Crippen molar-refractivity contribution in [1.82, 2.24) is 44.0 Å².